The molecule has 1 rings (SSSR count). The van der Waals surface area contributed by atoms with Crippen LogP contribution >= 0.6 is 24.0 Å². The lowest BCUT2D eigenvalue weighted by Crippen LogP contribution is -2.35. The fraction of sp³-hybridized carbons (Fsp3) is 0.500. The second-order valence-corrected chi connectivity index (χ2v) is 4.77. The van der Waals surface area contributed by atoms with E-state index in [9.17, 15) is 8.78 Å². The quantitative estimate of drug-likeness (QED) is 0.410. The smallest absolute Gasteiger partial charge is 0.387 e. The molecule has 0 fully saturated rings. The number of benzene rings is 1. The van der Waals surface area contributed by atoms with Crippen molar-refractivity contribution in [2.24, 2.45) is 4.99 Å². The van der Waals surface area contributed by atoms with Crippen LogP contribution in [0.1, 0.15) is 5.56 Å². The third-order valence-corrected chi connectivity index (χ3v) is 2.65. The third-order valence-electron chi connectivity index (χ3n) is 2.65. The summed E-state index contributed by atoms with van der Waals surface area (Å²) >= 11 is 0. The minimum absolute atomic E-state index is 0. The topological polar surface area (TPSA) is 37.3 Å². The van der Waals surface area contributed by atoms with Gasteiger partial charge < -0.3 is 19.3 Å². The Labute approximate surface area is 146 Å². The molecule has 22 heavy (non-hydrogen) atoms. The van der Waals surface area contributed by atoms with Crippen molar-refractivity contribution in [2.45, 2.75) is 13.2 Å². The van der Waals surface area contributed by atoms with Gasteiger partial charge in [-0.3, -0.25) is 0 Å². The molecule has 0 atom stereocenters. The number of guanidine groups is 1. The molecule has 0 aliphatic rings. The maximum absolute atomic E-state index is 12.4. The molecule has 0 heterocycles. The molecule has 0 N–H and O–H groups in total. The van der Waals surface area contributed by atoms with Gasteiger partial charge >= 0.3 is 6.61 Å². The lowest BCUT2D eigenvalue weighted by atomic mass is 10.2. The molecule has 0 saturated heterocycles. The molecule has 0 spiro atoms. The summed E-state index contributed by atoms with van der Waals surface area (Å²) in [6.45, 7) is -2.54. The van der Waals surface area contributed by atoms with Crippen molar-refractivity contribution in [3.63, 3.8) is 0 Å². The summed E-state index contributed by atoms with van der Waals surface area (Å²) in [5, 5.41) is 0. The molecule has 5 nitrogen and oxygen atoms in total. The van der Waals surface area contributed by atoms with Crippen LogP contribution in [0.5, 0.6) is 11.5 Å². The summed E-state index contributed by atoms with van der Waals surface area (Å²) in [6.07, 6.45) is 0. The van der Waals surface area contributed by atoms with Gasteiger partial charge in [0.25, 0.3) is 0 Å². The van der Waals surface area contributed by atoms with Crippen LogP contribution in [0.3, 0.4) is 0 Å². The first-order valence-corrected chi connectivity index (χ1v) is 6.36. The van der Waals surface area contributed by atoms with E-state index in [0.29, 0.717) is 6.54 Å². The minimum atomic E-state index is -2.89. The van der Waals surface area contributed by atoms with Crippen molar-refractivity contribution in [3.05, 3.63) is 23.8 Å². The SMILES string of the molecule is COc1ccc(CN=C(N(C)C)N(C)C)cc1OC(F)F.I. The van der Waals surface area contributed by atoms with Gasteiger partial charge in [-0.2, -0.15) is 8.78 Å². The Morgan fingerprint density at radius 3 is 2.18 bits per heavy atom. The summed E-state index contributed by atoms with van der Waals surface area (Å²) < 4.78 is 34.2. The number of aliphatic imine (C=N–C) groups is 1. The van der Waals surface area contributed by atoms with E-state index in [1.807, 2.05) is 38.0 Å². The van der Waals surface area contributed by atoms with Crippen LogP contribution in [-0.4, -0.2) is 57.7 Å². The Hall–Kier alpha value is -1.32. The molecular weight excluding hydrogens is 407 g/mol. The van der Waals surface area contributed by atoms with Gasteiger partial charge in [0.1, 0.15) is 0 Å². The van der Waals surface area contributed by atoms with Gasteiger partial charge in [0.05, 0.1) is 13.7 Å². The van der Waals surface area contributed by atoms with Gasteiger partial charge in [-0.15, -0.1) is 24.0 Å². The molecule has 0 bridgehead atoms. The molecule has 1 aromatic carbocycles. The average Bonchev–Trinajstić information content (AvgIpc) is 2.37. The van der Waals surface area contributed by atoms with E-state index in [4.69, 9.17) is 4.74 Å². The first-order chi connectivity index (χ1) is 9.85. The summed E-state index contributed by atoms with van der Waals surface area (Å²) in [6, 6.07) is 4.87. The highest BCUT2D eigenvalue weighted by Crippen LogP contribution is 2.29. The molecule has 0 amide bonds. The molecule has 126 valence electrons. The molecule has 0 unspecified atom stereocenters. The van der Waals surface area contributed by atoms with Gasteiger partial charge in [-0.25, -0.2) is 4.99 Å². The van der Waals surface area contributed by atoms with Gasteiger partial charge in [-0.05, 0) is 17.7 Å². The minimum Gasteiger partial charge on any atom is -0.493 e. The van der Waals surface area contributed by atoms with E-state index in [2.05, 4.69) is 9.73 Å². The van der Waals surface area contributed by atoms with Crippen LogP contribution in [-0.2, 0) is 6.54 Å². The first kappa shape index (κ1) is 20.7. The van der Waals surface area contributed by atoms with Crippen molar-refractivity contribution in [1.82, 2.24) is 9.80 Å². The maximum Gasteiger partial charge on any atom is 0.387 e. The van der Waals surface area contributed by atoms with Crippen LogP contribution in [0.2, 0.25) is 0 Å². The van der Waals surface area contributed by atoms with Gasteiger partial charge in [0, 0.05) is 28.2 Å². The number of hydrogen-bond acceptors (Lipinski definition) is 3. The normalized spacial score (nSPS) is 9.82. The highest BCUT2D eigenvalue weighted by atomic mass is 127. The molecule has 8 heteroatoms. The monoisotopic (exact) mass is 429 g/mol. The van der Waals surface area contributed by atoms with Crippen molar-refractivity contribution in [1.29, 1.82) is 0 Å². The van der Waals surface area contributed by atoms with Crippen LogP contribution in [0.25, 0.3) is 0 Å². The van der Waals surface area contributed by atoms with Gasteiger partial charge in [0.15, 0.2) is 17.5 Å². The Kier molecular flexibility index (Phi) is 9.07. The largest absolute Gasteiger partial charge is 0.493 e. The zero-order valence-corrected chi connectivity index (χ0v) is 15.7. The van der Waals surface area contributed by atoms with Gasteiger partial charge in [0.2, 0.25) is 0 Å². The number of halogens is 3. The summed E-state index contributed by atoms with van der Waals surface area (Å²) in [5.74, 6) is 1.06. The summed E-state index contributed by atoms with van der Waals surface area (Å²) in [7, 11) is 8.95. The summed E-state index contributed by atoms with van der Waals surface area (Å²) in [4.78, 5) is 8.20. The van der Waals surface area contributed by atoms with E-state index in [1.165, 1.54) is 13.2 Å². The fourth-order valence-electron chi connectivity index (χ4n) is 1.85. The molecule has 0 saturated carbocycles. The number of ether oxygens (including phenoxy) is 2. The number of alkyl halides is 2. The Balaban J connectivity index is 0.00000441. The van der Waals surface area contributed by atoms with E-state index < -0.39 is 6.61 Å². The van der Waals surface area contributed by atoms with Crippen molar-refractivity contribution >= 4 is 29.9 Å². The molecular formula is C14H22F2IN3O2. The first-order valence-electron chi connectivity index (χ1n) is 6.36. The predicted octanol–water partition coefficient (Wildman–Crippen LogP) is 2.89. The Bertz CT molecular complexity index is 487. The highest BCUT2D eigenvalue weighted by molar-refractivity contribution is 14.0. The number of methoxy groups -OCH3 is 1. The number of nitrogens with zero attached hydrogens (tertiary/aromatic N) is 3. The lowest BCUT2D eigenvalue weighted by molar-refractivity contribution is -0.0512. The van der Waals surface area contributed by atoms with E-state index >= 15 is 0 Å². The zero-order valence-electron chi connectivity index (χ0n) is 13.3. The van der Waals surface area contributed by atoms with Crippen LogP contribution in [0.4, 0.5) is 8.78 Å². The van der Waals surface area contributed by atoms with E-state index in [0.717, 1.165) is 11.5 Å². The fourth-order valence-corrected chi connectivity index (χ4v) is 1.85. The molecule has 0 radical (unpaired) electrons. The second kappa shape index (κ2) is 9.65. The van der Waals surface area contributed by atoms with E-state index in [1.54, 1.807) is 12.1 Å². The standard InChI is InChI=1S/C14H21F2N3O2.HI/c1-18(2)14(19(3)4)17-9-10-6-7-11(20-5)12(8-10)21-13(15)16;/h6-8,13H,9H2,1-5H3;1H. The van der Waals surface area contributed by atoms with Crippen molar-refractivity contribution in [2.75, 3.05) is 35.3 Å². The van der Waals surface area contributed by atoms with Crippen molar-refractivity contribution in [3.8, 4) is 11.5 Å². The Morgan fingerprint density at radius 1 is 1.14 bits per heavy atom. The molecule has 0 aliphatic carbocycles. The van der Waals surface area contributed by atoms with Crippen molar-refractivity contribution < 1.29 is 18.3 Å². The number of rotatable bonds is 5. The van der Waals surface area contributed by atoms with Crippen LogP contribution in [0.15, 0.2) is 23.2 Å². The second-order valence-electron chi connectivity index (χ2n) is 4.77. The maximum atomic E-state index is 12.4. The highest BCUT2D eigenvalue weighted by Gasteiger charge is 2.11. The molecule has 1 aromatic rings. The Morgan fingerprint density at radius 2 is 1.73 bits per heavy atom. The van der Waals surface area contributed by atoms with Gasteiger partial charge in [-0.1, -0.05) is 6.07 Å². The molecule has 0 aliphatic heterocycles. The van der Waals surface area contributed by atoms with Crippen LogP contribution in [0, 0.1) is 0 Å². The van der Waals surface area contributed by atoms with E-state index in [-0.39, 0.29) is 35.5 Å². The predicted molar refractivity (Wildman–Crippen MR) is 93.6 cm³/mol. The number of hydrogen-bond donors (Lipinski definition) is 0. The van der Waals surface area contributed by atoms with Crippen LogP contribution < -0.4 is 9.47 Å². The molecule has 0 aromatic heterocycles. The zero-order chi connectivity index (χ0) is 16.0. The average molecular weight is 429 g/mol. The summed E-state index contributed by atoms with van der Waals surface area (Å²) in [5.41, 5.74) is 0.757. The third kappa shape index (κ3) is 6.20. The lowest BCUT2D eigenvalue weighted by Gasteiger charge is -2.22.